The first-order valence-corrected chi connectivity index (χ1v) is 10.7. The van der Waals surface area contributed by atoms with Crippen LogP contribution in [0.25, 0.3) is 33.1 Å². The Kier molecular flexibility index (Phi) is 5.36. The summed E-state index contributed by atoms with van der Waals surface area (Å²) in [4.78, 5) is 35.0. The van der Waals surface area contributed by atoms with E-state index in [0.717, 1.165) is 11.1 Å². The highest BCUT2D eigenvalue weighted by atomic mass is 35.5. The molecule has 0 saturated heterocycles. The predicted octanol–water partition coefficient (Wildman–Crippen LogP) is 4.94. The van der Waals surface area contributed by atoms with Crippen molar-refractivity contribution in [2.24, 2.45) is 0 Å². The first kappa shape index (κ1) is 20.8. The Balaban J connectivity index is 1.86. The molecule has 0 bridgehead atoms. The topological polar surface area (TPSA) is 85.1 Å². The van der Waals surface area contributed by atoms with Crippen LogP contribution in [0.1, 0.15) is 11.4 Å². The number of para-hydroxylation sites is 1. The van der Waals surface area contributed by atoms with E-state index in [9.17, 15) is 14.7 Å². The minimum absolute atomic E-state index is 0.274. The molecule has 162 valence electrons. The molecule has 0 aliphatic heterocycles. The number of hydrogen-bond acceptors (Lipinski definition) is 4. The van der Waals surface area contributed by atoms with Crippen molar-refractivity contribution in [2.45, 2.75) is 13.0 Å². The largest absolute Gasteiger partial charge is 0.480 e. The highest BCUT2D eigenvalue weighted by Gasteiger charge is 2.20. The zero-order valence-electron chi connectivity index (χ0n) is 17.4. The Hall–Kier alpha value is -4.03. The van der Waals surface area contributed by atoms with Crippen molar-refractivity contribution >= 4 is 39.4 Å². The SMILES string of the molecule is O=C(O)Cn1c(Cc2ccc(Cl)cc2)nc2c(-c3ccccc3)nc3ccccc3c2c1=O. The third-order valence-corrected chi connectivity index (χ3v) is 5.75. The number of benzene rings is 3. The number of hydrogen-bond donors (Lipinski definition) is 1. The molecule has 2 heterocycles. The van der Waals surface area contributed by atoms with Gasteiger partial charge in [0.15, 0.2) is 0 Å². The Morgan fingerprint density at radius 2 is 1.61 bits per heavy atom. The normalized spacial score (nSPS) is 11.2. The van der Waals surface area contributed by atoms with Crippen molar-refractivity contribution in [1.82, 2.24) is 14.5 Å². The average Bonchev–Trinajstić information content (AvgIpc) is 2.82. The Morgan fingerprint density at radius 1 is 0.909 bits per heavy atom. The first-order chi connectivity index (χ1) is 16.0. The lowest BCUT2D eigenvalue weighted by Gasteiger charge is -2.15. The summed E-state index contributed by atoms with van der Waals surface area (Å²) in [6.07, 6.45) is 0.274. The summed E-state index contributed by atoms with van der Waals surface area (Å²) >= 11 is 6.01. The lowest BCUT2D eigenvalue weighted by atomic mass is 10.0. The molecule has 3 aromatic carbocycles. The van der Waals surface area contributed by atoms with E-state index in [1.165, 1.54) is 4.57 Å². The van der Waals surface area contributed by atoms with Crippen LogP contribution in [-0.2, 0) is 17.8 Å². The fraction of sp³-hybridized carbons (Fsp3) is 0.0769. The van der Waals surface area contributed by atoms with Crippen molar-refractivity contribution in [3.63, 3.8) is 0 Å². The minimum Gasteiger partial charge on any atom is -0.480 e. The molecular formula is C26H18ClN3O3. The second-order valence-electron chi connectivity index (χ2n) is 7.68. The summed E-state index contributed by atoms with van der Waals surface area (Å²) in [5.41, 5.74) is 2.97. The highest BCUT2D eigenvalue weighted by molar-refractivity contribution is 6.30. The Labute approximate surface area is 193 Å². The molecular weight excluding hydrogens is 438 g/mol. The van der Waals surface area contributed by atoms with Gasteiger partial charge in [-0.15, -0.1) is 0 Å². The van der Waals surface area contributed by atoms with E-state index < -0.39 is 18.1 Å². The van der Waals surface area contributed by atoms with Crippen molar-refractivity contribution in [3.8, 4) is 11.3 Å². The number of carbonyl (C=O) groups is 1. The molecule has 0 atom stereocenters. The molecule has 0 saturated carbocycles. The number of carboxylic acids is 1. The van der Waals surface area contributed by atoms with Gasteiger partial charge in [0.25, 0.3) is 5.56 Å². The van der Waals surface area contributed by atoms with E-state index in [2.05, 4.69) is 0 Å². The van der Waals surface area contributed by atoms with Crippen LogP contribution in [0.5, 0.6) is 0 Å². The third kappa shape index (κ3) is 3.97. The van der Waals surface area contributed by atoms with Crippen molar-refractivity contribution in [2.75, 3.05) is 0 Å². The Morgan fingerprint density at radius 3 is 2.33 bits per heavy atom. The molecule has 0 radical (unpaired) electrons. The van der Waals surface area contributed by atoms with Crippen LogP contribution in [-0.4, -0.2) is 25.6 Å². The summed E-state index contributed by atoms with van der Waals surface area (Å²) in [7, 11) is 0. The van der Waals surface area contributed by atoms with Gasteiger partial charge >= 0.3 is 5.97 Å². The van der Waals surface area contributed by atoms with Crippen LogP contribution < -0.4 is 5.56 Å². The molecule has 0 spiro atoms. The number of aromatic nitrogens is 3. The number of fused-ring (bicyclic) bond motifs is 3. The lowest BCUT2D eigenvalue weighted by Crippen LogP contribution is -2.29. The molecule has 0 fully saturated rings. The highest BCUT2D eigenvalue weighted by Crippen LogP contribution is 2.30. The maximum absolute atomic E-state index is 13.7. The van der Waals surface area contributed by atoms with Gasteiger partial charge in [-0.2, -0.15) is 0 Å². The van der Waals surface area contributed by atoms with E-state index >= 15 is 0 Å². The number of nitrogens with zero attached hydrogens (tertiary/aromatic N) is 3. The van der Waals surface area contributed by atoms with Gasteiger partial charge in [0.05, 0.1) is 16.6 Å². The summed E-state index contributed by atoms with van der Waals surface area (Å²) < 4.78 is 1.24. The van der Waals surface area contributed by atoms with Gasteiger partial charge in [0.1, 0.15) is 17.9 Å². The smallest absolute Gasteiger partial charge is 0.323 e. The molecule has 2 aromatic heterocycles. The fourth-order valence-electron chi connectivity index (χ4n) is 3.98. The monoisotopic (exact) mass is 455 g/mol. The minimum atomic E-state index is -1.11. The fourth-order valence-corrected chi connectivity index (χ4v) is 4.11. The second kappa shape index (κ2) is 8.48. The van der Waals surface area contributed by atoms with Crippen LogP contribution in [0.4, 0.5) is 0 Å². The van der Waals surface area contributed by atoms with Crippen LogP contribution in [0, 0.1) is 0 Å². The van der Waals surface area contributed by atoms with E-state index in [1.807, 2.05) is 66.7 Å². The van der Waals surface area contributed by atoms with Crippen LogP contribution in [0.3, 0.4) is 0 Å². The molecule has 0 aliphatic carbocycles. The van der Waals surface area contributed by atoms with Crippen molar-refractivity contribution < 1.29 is 9.90 Å². The zero-order valence-corrected chi connectivity index (χ0v) is 18.2. The lowest BCUT2D eigenvalue weighted by molar-refractivity contribution is -0.137. The maximum atomic E-state index is 13.7. The summed E-state index contributed by atoms with van der Waals surface area (Å²) in [5.74, 6) is -0.760. The zero-order chi connectivity index (χ0) is 22.9. The maximum Gasteiger partial charge on any atom is 0.323 e. The van der Waals surface area contributed by atoms with E-state index in [1.54, 1.807) is 12.1 Å². The third-order valence-electron chi connectivity index (χ3n) is 5.49. The predicted molar refractivity (Wildman–Crippen MR) is 129 cm³/mol. The van der Waals surface area contributed by atoms with Gasteiger partial charge in [-0.25, -0.2) is 9.97 Å². The number of aliphatic carboxylic acids is 1. The quantitative estimate of drug-likeness (QED) is 0.379. The van der Waals surface area contributed by atoms with Crippen LogP contribution >= 0.6 is 11.6 Å². The van der Waals surface area contributed by atoms with Gasteiger partial charge in [-0.3, -0.25) is 14.2 Å². The molecule has 0 unspecified atom stereocenters. The average molecular weight is 456 g/mol. The number of pyridine rings is 1. The number of halogens is 1. The summed E-state index contributed by atoms with van der Waals surface area (Å²) in [5, 5.41) is 11.1. The van der Waals surface area contributed by atoms with E-state index in [-0.39, 0.29) is 6.42 Å². The molecule has 6 nitrogen and oxygen atoms in total. The number of carboxylic acid groups (broad SMARTS) is 1. The second-order valence-corrected chi connectivity index (χ2v) is 8.12. The molecule has 0 aliphatic rings. The van der Waals surface area contributed by atoms with E-state index in [0.29, 0.717) is 38.3 Å². The first-order valence-electron chi connectivity index (χ1n) is 10.3. The Bertz CT molecular complexity index is 1560. The van der Waals surface area contributed by atoms with Gasteiger partial charge < -0.3 is 5.11 Å². The van der Waals surface area contributed by atoms with E-state index in [4.69, 9.17) is 21.6 Å². The molecule has 5 aromatic rings. The standard InChI is InChI=1S/C26H18ClN3O3/c27-18-12-10-16(11-13-18)14-21-29-25-23(26(33)30(21)15-22(31)32)19-8-4-5-9-20(19)28-24(25)17-6-2-1-3-7-17/h1-13H,14-15H2,(H,31,32). The van der Waals surface area contributed by atoms with Gasteiger partial charge in [-0.1, -0.05) is 72.3 Å². The van der Waals surface area contributed by atoms with Crippen LogP contribution in [0.2, 0.25) is 5.02 Å². The van der Waals surface area contributed by atoms with Gasteiger partial charge in [0, 0.05) is 22.4 Å². The van der Waals surface area contributed by atoms with Gasteiger partial charge in [0.2, 0.25) is 0 Å². The van der Waals surface area contributed by atoms with Crippen molar-refractivity contribution in [1.29, 1.82) is 0 Å². The summed E-state index contributed by atoms with van der Waals surface area (Å²) in [6, 6.07) is 24.0. The molecule has 0 amide bonds. The van der Waals surface area contributed by atoms with Crippen molar-refractivity contribution in [3.05, 3.63) is 106 Å². The van der Waals surface area contributed by atoms with Crippen LogP contribution in [0.15, 0.2) is 83.7 Å². The number of rotatable bonds is 5. The molecule has 33 heavy (non-hydrogen) atoms. The molecule has 5 rings (SSSR count). The molecule has 7 heteroatoms. The molecule has 1 N–H and O–H groups in total. The summed E-state index contributed by atoms with van der Waals surface area (Å²) in [6.45, 7) is -0.484. The van der Waals surface area contributed by atoms with Gasteiger partial charge in [-0.05, 0) is 23.8 Å².